The summed E-state index contributed by atoms with van der Waals surface area (Å²) in [6, 6.07) is -4.94. The van der Waals surface area contributed by atoms with Gasteiger partial charge in [0.15, 0.2) is 0 Å². The van der Waals surface area contributed by atoms with Crippen LogP contribution in [0, 0.1) is 5.92 Å². The predicted molar refractivity (Wildman–Crippen MR) is 118 cm³/mol. The summed E-state index contributed by atoms with van der Waals surface area (Å²) in [5.74, 6) is -5.34. The highest BCUT2D eigenvalue weighted by Crippen LogP contribution is 2.11. The number of carbonyl (C=O) groups is 5. The normalized spacial score (nSPS) is 15.4. The second kappa shape index (κ2) is 15.9. The van der Waals surface area contributed by atoms with Crippen molar-refractivity contribution in [2.24, 2.45) is 17.4 Å². The van der Waals surface area contributed by atoms with E-state index < -0.39 is 66.9 Å². The highest BCUT2D eigenvalue weighted by Gasteiger charge is 2.32. The molecule has 0 aliphatic rings. The van der Waals surface area contributed by atoms with E-state index in [1.807, 2.05) is 0 Å². The Labute approximate surface area is 192 Å². The molecule has 5 atom stereocenters. The molecule has 5 unspecified atom stereocenters. The van der Waals surface area contributed by atoms with Crippen molar-refractivity contribution >= 4 is 29.7 Å². The van der Waals surface area contributed by atoms with Gasteiger partial charge in [-0.3, -0.25) is 19.2 Å². The summed E-state index contributed by atoms with van der Waals surface area (Å²) < 4.78 is 0. The summed E-state index contributed by atoms with van der Waals surface area (Å²) in [6.07, 6.45) is 1.39. The van der Waals surface area contributed by atoms with Crippen LogP contribution in [0.4, 0.5) is 0 Å². The topological polar surface area (TPSA) is 234 Å². The van der Waals surface area contributed by atoms with E-state index in [1.165, 1.54) is 0 Å². The molecule has 0 aliphatic heterocycles. The minimum absolute atomic E-state index is 0.329. The van der Waals surface area contributed by atoms with E-state index in [2.05, 4.69) is 16.0 Å². The molecule has 33 heavy (non-hydrogen) atoms. The van der Waals surface area contributed by atoms with Gasteiger partial charge in [-0.2, -0.15) is 0 Å². The maximum atomic E-state index is 12.9. The number of hydrogen-bond donors (Lipinski definition) is 8. The van der Waals surface area contributed by atoms with Crippen molar-refractivity contribution in [1.82, 2.24) is 16.0 Å². The Balaban J connectivity index is 5.44. The maximum absolute atomic E-state index is 12.9. The molecule has 13 heteroatoms. The van der Waals surface area contributed by atoms with E-state index in [0.717, 1.165) is 0 Å². The summed E-state index contributed by atoms with van der Waals surface area (Å²) in [4.78, 5) is 59.9. The number of aliphatic hydroxyl groups is 1. The lowest BCUT2D eigenvalue weighted by atomic mass is 9.96. The van der Waals surface area contributed by atoms with Crippen LogP contribution in [0.25, 0.3) is 0 Å². The van der Waals surface area contributed by atoms with Crippen LogP contribution in [0.15, 0.2) is 0 Å². The lowest BCUT2D eigenvalue weighted by Gasteiger charge is -2.27. The van der Waals surface area contributed by atoms with Gasteiger partial charge in [-0.15, -0.1) is 0 Å². The molecule has 0 saturated heterocycles. The van der Waals surface area contributed by atoms with Gasteiger partial charge in [-0.25, -0.2) is 4.79 Å². The quantitative estimate of drug-likeness (QED) is 0.106. The summed E-state index contributed by atoms with van der Waals surface area (Å²) in [6.45, 7) is 3.08. The molecule has 3 amide bonds. The smallest absolute Gasteiger partial charge is 0.328 e. The van der Waals surface area contributed by atoms with Crippen molar-refractivity contribution in [2.75, 3.05) is 13.2 Å². The van der Waals surface area contributed by atoms with Crippen molar-refractivity contribution < 1.29 is 39.3 Å². The van der Waals surface area contributed by atoms with Gasteiger partial charge in [-0.1, -0.05) is 26.7 Å². The van der Waals surface area contributed by atoms with Gasteiger partial charge in [0.05, 0.1) is 12.6 Å². The molecule has 0 aromatic carbocycles. The van der Waals surface area contributed by atoms with Crippen LogP contribution >= 0.6 is 0 Å². The third-order valence-corrected chi connectivity index (χ3v) is 5.18. The van der Waals surface area contributed by atoms with E-state index >= 15 is 0 Å². The molecule has 0 bridgehead atoms. The number of carboxylic acid groups (broad SMARTS) is 2. The van der Waals surface area contributed by atoms with Gasteiger partial charge < -0.3 is 42.7 Å². The van der Waals surface area contributed by atoms with Crippen LogP contribution in [0.2, 0.25) is 0 Å². The first-order valence-corrected chi connectivity index (χ1v) is 10.9. The Kier molecular flexibility index (Phi) is 14.6. The average molecular weight is 476 g/mol. The number of aliphatic hydroxyl groups excluding tert-OH is 1. The molecule has 0 fully saturated rings. The molecule has 0 aliphatic carbocycles. The Morgan fingerprint density at radius 1 is 0.879 bits per heavy atom. The molecule has 0 spiro atoms. The van der Waals surface area contributed by atoms with Gasteiger partial charge in [0.25, 0.3) is 0 Å². The predicted octanol–water partition coefficient (Wildman–Crippen LogP) is -2.12. The van der Waals surface area contributed by atoms with E-state index in [0.29, 0.717) is 32.2 Å². The van der Waals surface area contributed by atoms with Crippen LogP contribution in [0.5, 0.6) is 0 Å². The van der Waals surface area contributed by atoms with Crippen LogP contribution in [-0.4, -0.2) is 82.3 Å². The fraction of sp³-hybridized carbons (Fsp3) is 0.750. The van der Waals surface area contributed by atoms with Gasteiger partial charge in [0, 0.05) is 6.42 Å². The van der Waals surface area contributed by atoms with Crippen LogP contribution in [-0.2, 0) is 24.0 Å². The number of amides is 3. The van der Waals surface area contributed by atoms with Crippen molar-refractivity contribution in [3.63, 3.8) is 0 Å². The first-order chi connectivity index (χ1) is 15.5. The third kappa shape index (κ3) is 11.6. The molecule has 13 nitrogen and oxygen atoms in total. The Morgan fingerprint density at radius 3 is 1.97 bits per heavy atom. The Morgan fingerprint density at radius 2 is 1.48 bits per heavy atom. The van der Waals surface area contributed by atoms with Crippen molar-refractivity contribution in [3.05, 3.63) is 0 Å². The first-order valence-electron chi connectivity index (χ1n) is 10.9. The molecule has 0 rings (SSSR count). The second-order valence-corrected chi connectivity index (χ2v) is 7.84. The molecule has 190 valence electrons. The molecular formula is C20H37N5O8. The third-order valence-electron chi connectivity index (χ3n) is 5.18. The van der Waals surface area contributed by atoms with Gasteiger partial charge in [0.2, 0.25) is 17.7 Å². The van der Waals surface area contributed by atoms with Crippen molar-refractivity contribution in [1.29, 1.82) is 0 Å². The van der Waals surface area contributed by atoms with Crippen LogP contribution in [0.1, 0.15) is 52.4 Å². The fourth-order valence-electron chi connectivity index (χ4n) is 2.86. The SMILES string of the molecule is CCC(C)C(NC(=O)C(N)CCCCN)C(=O)NC(CCC(=O)O)C(=O)NC(CO)C(=O)O. The van der Waals surface area contributed by atoms with E-state index in [1.54, 1.807) is 13.8 Å². The number of hydrogen-bond acceptors (Lipinski definition) is 8. The standard InChI is InChI=1S/C20H37N5O8/c1-3-11(2)16(25-17(29)12(22)6-4-5-9-21)19(31)23-13(7-8-15(27)28)18(30)24-14(10-26)20(32)33/h11-14,16,26H,3-10,21-22H2,1-2H3,(H,23,31)(H,24,30)(H,25,29)(H,27,28)(H,32,33). The molecule has 0 radical (unpaired) electrons. The zero-order valence-corrected chi connectivity index (χ0v) is 19.1. The number of nitrogens with one attached hydrogen (secondary N) is 3. The highest BCUT2D eigenvalue weighted by atomic mass is 16.4. The number of unbranched alkanes of at least 4 members (excludes halogenated alkanes) is 1. The lowest BCUT2D eigenvalue weighted by Crippen LogP contribution is -2.59. The monoisotopic (exact) mass is 475 g/mol. The molecule has 0 heterocycles. The number of aliphatic carboxylic acids is 2. The van der Waals surface area contributed by atoms with Crippen molar-refractivity contribution in [3.8, 4) is 0 Å². The van der Waals surface area contributed by atoms with Crippen LogP contribution in [0.3, 0.4) is 0 Å². The average Bonchev–Trinajstić information content (AvgIpc) is 2.76. The Hall–Kier alpha value is -2.77. The van der Waals surface area contributed by atoms with Gasteiger partial charge in [0.1, 0.15) is 18.1 Å². The number of nitrogens with two attached hydrogens (primary N) is 2. The largest absolute Gasteiger partial charge is 0.481 e. The maximum Gasteiger partial charge on any atom is 0.328 e. The fourth-order valence-corrected chi connectivity index (χ4v) is 2.86. The minimum Gasteiger partial charge on any atom is -0.481 e. The van der Waals surface area contributed by atoms with Crippen LogP contribution < -0.4 is 27.4 Å². The number of carbonyl (C=O) groups excluding carboxylic acids is 3. The molecule has 0 saturated carbocycles. The van der Waals surface area contributed by atoms with Crippen molar-refractivity contribution in [2.45, 2.75) is 76.5 Å². The summed E-state index contributed by atoms with van der Waals surface area (Å²) in [5.41, 5.74) is 11.3. The summed E-state index contributed by atoms with van der Waals surface area (Å²) in [7, 11) is 0. The van der Waals surface area contributed by atoms with E-state index in [4.69, 9.17) is 26.8 Å². The molecule has 0 aromatic rings. The zero-order chi connectivity index (χ0) is 25.6. The molecule has 0 aromatic heterocycles. The van der Waals surface area contributed by atoms with E-state index in [9.17, 15) is 24.0 Å². The molecular weight excluding hydrogens is 438 g/mol. The van der Waals surface area contributed by atoms with Gasteiger partial charge in [-0.05, 0) is 31.7 Å². The number of carboxylic acids is 2. The summed E-state index contributed by atoms with van der Waals surface area (Å²) >= 11 is 0. The van der Waals surface area contributed by atoms with E-state index in [-0.39, 0.29) is 12.3 Å². The Bertz CT molecular complexity index is 675. The second-order valence-electron chi connectivity index (χ2n) is 7.84. The number of rotatable bonds is 17. The lowest BCUT2D eigenvalue weighted by molar-refractivity contribution is -0.144. The summed E-state index contributed by atoms with van der Waals surface area (Å²) in [5, 5.41) is 34.1. The zero-order valence-electron chi connectivity index (χ0n) is 19.1. The highest BCUT2D eigenvalue weighted by molar-refractivity contribution is 5.94. The first kappa shape index (κ1) is 30.2. The molecule has 10 N–H and O–H groups in total. The van der Waals surface area contributed by atoms with Gasteiger partial charge >= 0.3 is 11.9 Å². The minimum atomic E-state index is -1.63.